The van der Waals surface area contributed by atoms with Gasteiger partial charge in [0.1, 0.15) is 6.20 Å². The number of aliphatic imine (C=N–C) groups is 1. The second-order valence-corrected chi connectivity index (χ2v) is 7.21. The highest BCUT2D eigenvalue weighted by atomic mass is 35.5. The molecule has 1 aliphatic rings. The summed E-state index contributed by atoms with van der Waals surface area (Å²) in [6.45, 7) is 3.50. The summed E-state index contributed by atoms with van der Waals surface area (Å²) in [5.74, 6) is 0. The average Bonchev–Trinajstić information content (AvgIpc) is 3.11. The highest BCUT2D eigenvalue weighted by molar-refractivity contribution is 5.47. The minimum Gasteiger partial charge on any atom is -1.00 e. The van der Waals surface area contributed by atoms with E-state index in [1.54, 1.807) is 0 Å². The molecule has 0 bridgehead atoms. The number of nitrogens with one attached hydrogen (secondary N) is 1. The molecule has 1 unspecified atom stereocenters. The van der Waals surface area contributed by atoms with E-state index in [1.807, 2.05) is 12.5 Å². The maximum Gasteiger partial charge on any atom is 0.193 e. The van der Waals surface area contributed by atoms with E-state index in [4.69, 9.17) is 0 Å². The number of hydrogen-bond acceptors (Lipinski definition) is 1. The van der Waals surface area contributed by atoms with Gasteiger partial charge in [0.15, 0.2) is 6.34 Å². The van der Waals surface area contributed by atoms with Gasteiger partial charge in [-0.15, -0.1) is 0 Å². The zero-order chi connectivity index (χ0) is 17.1. The van der Waals surface area contributed by atoms with Crippen LogP contribution >= 0.6 is 0 Å². The van der Waals surface area contributed by atoms with Crippen molar-refractivity contribution in [1.29, 1.82) is 0 Å². The SMILES string of the molecule is CCCCCCCC/C=C\CCCCCCCCC[NH+]1C=CN=C1.[Cl-]. The standard InChI is InChI=1S/C22H40N2.ClH/c1-2-3-4-5-6-7-8-9-10-11-12-13-14-15-16-17-18-20-24-21-19-23-22-24;/h9-10,19,21-22H,2-8,11-18,20H2,1H3;1H/b10-9-;. The van der Waals surface area contributed by atoms with Gasteiger partial charge in [0.05, 0.1) is 12.7 Å². The minimum absolute atomic E-state index is 0. The second kappa shape index (κ2) is 19.7. The molecule has 1 N–H and O–H groups in total. The van der Waals surface area contributed by atoms with Crippen molar-refractivity contribution >= 4 is 6.34 Å². The van der Waals surface area contributed by atoms with Gasteiger partial charge >= 0.3 is 0 Å². The molecule has 0 spiro atoms. The molecule has 0 fully saturated rings. The summed E-state index contributed by atoms with van der Waals surface area (Å²) in [6, 6.07) is 0. The van der Waals surface area contributed by atoms with E-state index in [0.717, 1.165) is 0 Å². The van der Waals surface area contributed by atoms with E-state index in [2.05, 4.69) is 30.3 Å². The fourth-order valence-electron chi connectivity index (χ4n) is 3.22. The first-order valence-electron chi connectivity index (χ1n) is 10.6. The maximum atomic E-state index is 4.11. The predicted molar refractivity (Wildman–Crippen MR) is 108 cm³/mol. The van der Waals surface area contributed by atoms with Crippen molar-refractivity contribution in [3.05, 3.63) is 24.6 Å². The van der Waals surface area contributed by atoms with Crippen molar-refractivity contribution in [2.45, 2.75) is 103 Å². The number of nitrogens with zero attached hydrogens (tertiary/aromatic N) is 1. The topological polar surface area (TPSA) is 16.8 Å². The van der Waals surface area contributed by atoms with Crippen LogP contribution in [0.15, 0.2) is 29.5 Å². The quantitative estimate of drug-likeness (QED) is 0.300. The minimum atomic E-state index is 0. The summed E-state index contributed by atoms with van der Waals surface area (Å²) in [5.41, 5.74) is 0. The molecule has 0 radical (unpaired) electrons. The number of unbranched alkanes of at least 4 members (excludes halogenated alkanes) is 13. The molecule has 2 nitrogen and oxygen atoms in total. The smallest absolute Gasteiger partial charge is 0.193 e. The molecule has 3 heteroatoms. The fraction of sp³-hybridized carbons (Fsp3) is 0.773. The van der Waals surface area contributed by atoms with Crippen molar-refractivity contribution in [3.63, 3.8) is 0 Å². The molecule has 1 atom stereocenters. The molecular weight excluding hydrogens is 328 g/mol. The Balaban J connectivity index is 0.00000576. The Morgan fingerprint density at radius 2 is 1.24 bits per heavy atom. The normalized spacial score (nSPS) is 16.0. The number of rotatable bonds is 17. The summed E-state index contributed by atoms with van der Waals surface area (Å²) in [5, 5.41) is 0. The van der Waals surface area contributed by atoms with Crippen LogP contribution in [-0.4, -0.2) is 12.9 Å². The van der Waals surface area contributed by atoms with E-state index < -0.39 is 0 Å². The molecule has 0 aromatic carbocycles. The molecule has 0 aromatic heterocycles. The zero-order valence-corrected chi connectivity index (χ0v) is 17.3. The Hall–Kier alpha value is -0.600. The van der Waals surface area contributed by atoms with Gasteiger partial charge < -0.3 is 12.4 Å². The average molecular weight is 369 g/mol. The van der Waals surface area contributed by atoms with Gasteiger partial charge in [-0.2, -0.15) is 0 Å². The first kappa shape index (κ1) is 24.4. The van der Waals surface area contributed by atoms with Crippen LogP contribution < -0.4 is 17.3 Å². The molecule has 146 valence electrons. The fourth-order valence-corrected chi connectivity index (χ4v) is 3.22. The maximum absolute atomic E-state index is 4.11. The van der Waals surface area contributed by atoms with Crippen LogP contribution in [0.25, 0.3) is 0 Å². The Bertz CT molecular complexity index is 338. The van der Waals surface area contributed by atoms with Crippen LogP contribution in [0.4, 0.5) is 0 Å². The Kier molecular flexibility index (Phi) is 19.2. The van der Waals surface area contributed by atoms with Gasteiger partial charge in [-0.3, -0.25) is 4.90 Å². The van der Waals surface area contributed by atoms with E-state index in [9.17, 15) is 0 Å². The molecular formula is C22H41ClN2. The Morgan fingerprint density at radius 1 is 0.720 bits per heavy atom. The molecule has 1 aliphatic heterocycles. The van der Waals surface area contributed by atoms with Crippen LogP contribution in [0, 0.1) is 0 Å². The van der Waals surface area contributed by atoms with Gasteiger partial charge in [0, 0.05) is 0 Å². The van der Waals surface area contributed by atoms with Crippen molar-refractivity contribution in [2.24, 2.45) is 4.99 Å². The summed E-state index contributed by atoms with van der Waals surface area (Å²) in [6.07, 6.45) is 31.7. The molecule has 0 aliphatic carbocycles. The summed E-state index contributed by atoms with van der Waals surface area (Å²) >= 11 is 0. The van der Waals surface area contributed by atoms with E-state index in [1.165, 1.54) is 108 Å². The first-order valence-corrected chi connectivity index (χ1v) is 10.6. The number of quaternary nitrogens is 1. The zero-order valence-electron chi connectivity index (χ0n) is 16.5. The first-order chi connectivity index (χ1) is 11.9. The van der Waals surface area contributed by atoms with Crippen molar-refractivity contribution in [3.8, 4) is 0 Å². The number of hydrogen-bond donors (Lipinski definition) is 1. The van der Waals surface area contributed by atoms with Crippen LogP contribution in [0.5, 0.6) is 0 Å². The van der Waals surface area contributed by atoms with Crippen molar-refractivity contribution < 1.29 is 17.3 Å². The number of allylic oxidation sites excluding steroid dienone is 2. The monoisotopic (exact) mass is 368 g/mol. The summed E-state index contributed by atoms with van der Waals surface area (Å²) in [7, 11) is 0. The second-order valence-electron chi connectivity index (χ2n) is 7.21. The highest BCUT2D eigenvalue weighted by Gasteiger charge is 2.03. The van der Waals surface area contributed by atoms with Crippen LogP contribution in [-0.2, 0) is 0 Å². The molecule has 0 amide bonds. The van der Waals surface area contributed by atoms with Gasteiger partial charge in [0.25, 0.3) is 0 Å². The van der Waals surface area contributed by atoms with Gasteiger partial charge in [0.2, 0.25) is 0 Å². The third kappa shape index (κ3) is 16.6. The molecule has 25 heavy (non-hydrogen) atoms. The summed E-state index contributed by atoms with van der Waals surface area (Å²) < 4.78 is 0. The third-order valence-corrected chi connectivity index (χ3v) is 4.84. The molecule has 0 saturated carbocycles. The van der Waals surface area contributed by atoms with Crippen molar-refractivity contribution in [1.82, 2.24) is 0 Å². The molecule has 1 heterocycles. The Labute approximate surface area is 163 Å². The van der Waals surface area contributed by atoms with Crippen molar-refractivity contribution in [2.75, 3.05) is 6.54 Å². The lowest BCUT2D eigenvalue weighted by Crippen LogP contribution is -3.05. The molecule has 0 aromatic rings. The van der Waals surface area contributed by atoms with E-state index in [-0.39, 0.29) is 12.4 Å². The van der Waals surface area contributed by atoms with Gasteiger partial charge in [-0.25, -0.2) is 4.99 Å². The molecule has 0 saturated heterocycles. The largest absolute Gasteiger partial charge is 1.00 e. The molecule has 1 rings (SSSR count). The van der Waals surface area contributed by atoms with E-state index >= 15 is 0 Å². The van der Waals surface area contributed by atoms with Gasteiger partial charge in [-0.05, 0) is 38.5 Å². The highest BCUT2D eigenvalue weighted by Crippen LogP contribution is 2.10. The predicted octanol–water partition coefficient (Wildman–Crippen LogP) is 2.82. The summed E-state index contributed by atoms with van der Waals surface area (Å²) in [4.78, 5) is 5.52. The number of halogens is 1. The third-order valence-electron chi connectivity index (χ3n) is 4.84. The van der Waals surface area contributed by atoms with Crippen LogP contribution in [0.2, 0.25) is 0 Å². The van der Waals surface area contributed by atoms with E-state index in [0.29, 0.717) is 0 Å². The van der Waals surface area contributed by atoms with Crippen LogP contribution in [0.3, 0.4) is 0 Å². The van der Waals surface area contributed by atoms with Gasteiger partial charge in [-0.1, -0.05) is 76.9 Å². The lowest BCUT2D eigenvalue weighted by Gasteiger charge is -2.05. The lowest BCUT2D eigenvalue weighted by atomic mass is 10.1. The van der Waals surface area contributed by atoms with Crippen LogP contribution in [0.1, 0.15) is 103 Å². The lowest BCUT2D eigenvalue weighted by molar-refractivity contribution is -0.736. The Morgan fingerprint density at radius 3 is 1.76 bits per heavy atom.